The minimum absolute atomic E-state index is 0.430. The summed E-state index contributed by atoms with van der Waals surface area (Å²) in [5, 5.41) is 12.1. The summed E-state index contributed by atoms with van der Waals surface area (Å²) in [6, 6.07) is 0. The van der Waals surface area contributed by atoms with Gasteiger partial charge in [-0.2, -0.15) is 13.2 Å². The standard InChI is InChI=1S/C17H14ClF7O2.C5H8N2O2S/c1-6-11(19)13(21)7(14(22)12(6)20)5-27-15(26)10-8(16(10,2)3)4-9(18)17(23,24)25;8-7(9)4-5-6-2-1-3-10-5/h4,8,10H,5H2,1-3H3;4,6H,1-3H2/b9-4-;5-4-. The molecular formula is C22H22ClF7N2O4S. The molecule has 0 spiro atoms. The molecule has 1 aliphatic heterocycles. The zero-order chi connectivity index (χ0) is 28.3. The zero-order valence-corrected chi connectivity index (χ0v) is 21.2. The van der Waals surface area contributed by atoms with Crippen molar-refractivity contribution in [1.29, 1.82) is 0 Å². The normalized spacial score (nSPS) is 22.0. The van der Waals surface area contributed by atoms with Gasteiger partial charge in [0.1, 0.15) is 16.7 Å². The largest absolute Gasteiger partial charge is 0.460 e. The van der Waals surface area contributed by atoms with Gasteiger partial charge in [-0.05, 0) is 24.7 Å². The Morgan fingerprint density at radius 2 is 1.78 bits per heavy atom. The van der Waals surface area contributed by atoms with Gasteiger partial charge in [0, 0.05) is 17.9 Å². The maximum absolute atomic E-state index is 13.8. The van der Waals surface area contributed by atoms with Gasteiger partial charge in [-0.15, -0.1) is 11.8 Å². The highest BCUT2D eigenvalue weighted by Gasteiger charge is 2.62. The third kappa shape index (κ3) is 7.53. The Bertz CT molecular complexity index is 1090. The van der Waals surface area contributed by atoms with Crippen molar-refractivity contribution in [3.63, 3.8) is 0 Å². The van der Waals surface area contributed by atoms with E-state index < -0.39 is 80.4 Å². The lowest BCUT2D eigenvalue weighted by molar-refractivity contribution is -0.403. The van der Waals surface area contributed by atoms with E-state index in [0.717, 1.165) is 31.8 Å². The Hall–Kier alpha value is -2.48. The van der Waals surface area contributed by atoms with E-state index >= 15 is 0 Å². The smallest absolute Gasteiger partial charge is 0.426 e. The van der Waals surface area contributed by atoms with Crippen LogP contribution in [0.5, 0.6) is 0 Å². The highest BCUT2D eigenvalue weighted by atomic mass is 35.5. The number of alkyl halides is 3. The number of thioether (sulfide) groups is 1. The van der Waals surface area contributed by atoms with Crippen molar-refractivity contribution in [2.75, 3.05) is 12.3 Å². The molecule has 1 saturated heterocycles. The monoisotopic (exact) mass is 578 g/mol. The summed E-state index contributed by atoms with van der Waals surface area (Å²) < 4.78 is 96.8. The van der Waals surface area contributed by atoms with Crippen LogP contribution >= 0.6 is 23.4 Å². The molecule has 206 valence electrons. The number of nitrogens with zero attached hydrogens (tertiary/aromatic N) is 1. The van der Waals surface area contributed by atoms with E-state index in [-0.39, 0.29) is 0 Å². The van der Waals surface area contributed by atoms with E-state index in [1.165, 1.54) is 25.6 Å². The fourth-order valence-corrected chi connectivity index (χ4v) is 4.54. The quantitative estimate of drug-likeness (QED) is 0.144. The van der Waals surface area contributed by atoms with E-state index in [1.54, 1.807) is 0 Å². The third-order valence-corrected chi connectivity index (χ3v) is 7.19. The Balaban J connectivity index is 0.000000402. The zero-order valence-electron chi connectivity index (χ0n) is 19.6. The summed E-state index contributed by atoms with van der Waals surface area (Å²) in [4.78, 5) is 21.6. The Morgan fingerprint density at radius 3 is 2.24 bits per heavy atom. The first kappa shape index (κ1) is 30.7. The third-order valence-electron chi connectivity index (χ3n) is 5.79. The molecule has 0 bridgehead atoms. The number of nitrogens with one attached hydrogen (secondary N) is 1. The number of carbonyl (C=O) groups excluding carboxylic acids is 1. The summed E-state index contributed by atoms with van der Waals surface area (Å²) in [7, 11) is 0. The van der Waals surface area contributed by atoms with Crippen LogP contribution in [0.3, 0.4) is 0 Å². The van der Waals surface area contributed by atoms with Crippen LogP contribution in [-0.2, 0) is 16.1 Å². The predicted octanol–water partition coefficient (Wildman–Crippen LogP) is 6.34. The van der Waals surface area contributed by atoms with Crippen LogP contribution in [-0.4, -0.2) is 29.4 Å². The number of allylic oxidation sites excluding steroid dienone is 2. The van der Waals surface area contributed by atoms with Crippen LogP contribution in [0.15, 0.2) is 22.3 Å². The van der Waals surface area contributed by atoms with Crippen molar-refractivity contribution in [3.05, 3.63) is 66.8 Å². The second-order valence-electron chi connectivity index (χ2n) is 8.71. The van der Waals surface area contributed by atoms with Gasteiger partial charge in [-0.25, -0.2) is 17.6 Å². The number of halogens is 8. The SMILES string of the molecule is Cc1c(F)c(F)c(COC(=O)C2C(/C=C(\Cl)C(F)(F)F)C2(C)C)c(F)c1F.O=[N+]([O-])/C=C1/NCCCS1. The van der Waals surface area contributed by atoms with Gasteiger partial charge in [0.2, 0.25) is 0 Å². The highest BCUT2D eigenvalue weighted by Crippen LogP contribution is 2.60. The number of carbonyl (C=O) groups is 1. The molecule has 15 heteroatoms. The van der Waals surface area contributed by atoms with E-state index in [2.05, 4.69) is 5.32 Å². The first-order valence-corrected chi connectivity index (χ1v) is 12.0. The van der Waals surface area contributed by atoms with Gasteiger partial charge in [0.05, 0.1) is 16.4 Å². The van der Waals surface area contributed by atoms with Crippen LogP contribution < -0.4 is 5.32 Å². The van der Waals surface area contributed by atoms with Gasteiger partial charge in [0.25, 0.3) is 6.20 Å². The molecule has 37 heavy (non-hydrogen) atoms. The summed E-state index contributed by atoms with van der Waals surface area (Å²) >= 11 is 6.65. The van der Waals surface area contributed by atoms with Crippen LogP contribution in [0.25, 0.3) is 0 Å². The minimum atomic E-state index is -4.78. The van der Waals surface area contributed by atoms with Crippen LogP contribution in [0.1, 0.15) is 31.4 Å². The molecule has 0 aromatic heterocycles. The molecule has 1 aromatic rings. The molecule has 1 saturated carbocycles. The van der Waals surface area contributed by atoms with Gasteiger partial charge in [-0.3, -0.25) is 14.9 Å². The number of nitro groups is 1. The molecule has 1 N–H and O–H groups in total. The topological polar surface area (TPSA) is 81.5 Å². The number of rotatable bonds is 5. The second kappa shape index (κ2) is 11.9. The Labute approximate surface area is 216 Å². The summed E-state index contributed by atoms with van der Waals surface area (Å²) in [6.07, 6.45) is -2.01. The number of hydrogen-bond acceptors (Lipinski definition) is 6. The second-order valence-corrected chi connectivity index (χ2v) is 10.3. The van der Waals surface area contributed by atoms with Crippen molar-refractivity contribution < 1.29 is 45.2 Å². The van der Waals surface area contributed by atoms with E-state index in [4.69, 9.17) is 16.3 Å². The fraction of sp³-hybridized carbons (Fsp3) is 0.500. The molecule has 0 radical (unpaired) electrons. The lowest BCUT2D eigenvalue weighted by Gasteiger charge is -2.12. The summed E-state index contributed by atoms with van der Waals surface area (Å²) in [5.74, 6) is -8.70. The molecule has 2 atom stereocenters. The maximum Gasteiger partial charge on any atom is 0.426 e. The molecular weight excluding hydrogens is 557 g/mol. The van der Waals surface area contributed by atoms with Gasteiger partial charge in [-0.1, -0.05) is 31.5 Å². The van der Waals surface area contributed by atoms with Gasteiger partial charge < -0.3 is 10.1 Å². The van der Waals surface area contributed by atoms with Crippen LogP contribution in [0.4, 0.5) is 30.7 Å². The lowest BCUT2D eigenvalue weighted by atomic mass is 10.1. The Kier molecular flexibility index (Phi) is 9.91. The number of hydrogen-bond donors (Lipinski definition) is 1. The maximum atomic E-state index is 13.8. The Morgan fingerprint density at radius 1 is 1.22 bits per heavy atom. The minimum Gasteiger partial charge on any atom is -0.460 e. The summed E-state index contributed by atoms with van der Waals surface area (Å²) in [6.45, 7) is 3.54. The van der Waals surface area contributed by atoms with Crippen molar-refractivity contribution in [3.8, 4) is 0 Å². The van der Waals surface area contributed by atoms with Crippen molar-refractivity contribution >= 4 is 29.3 Å². The van der Waals surface area contributed by atoms with E-state index in [0.29, 0.717) is 11.1 Å². The van der Waals surface area contributed by atoms with Crippen molar-refractivity contribution in [1.82, 2.24) is 5.32 Å². The molecule has 1 heterocycles. The number of benzene rings is 1. The molecule has 3 rings (SSSR count). The number of esters is 1. The molecule has 1 aliphatic carbocycles. The van der Waals surface area contributed by atoms with Crippen molar-refractivity contribution in [2.45, 2.75) is 40.0 Å². The average molecular weight is 579 g/mol. The lowest BCUT2D eigenvalue weighted by Crippen LogP contribution is -2.19. The first-order valence-electron chi connectivity index (χ1n) is 10.6. The molecule has 0 amide bonds. The molecule has 2 aliphatic rings. The molecule has 6 nitrogen and oxygen atoms in total. The highest BCUT2D eigenvalue weighted by molar-refractivity contribution is 8.03. The molecule has 2 fully saturated rings. The first-order chi connectivity index (χ1) is 17.0. The van der Waals surface area contributed by atoms with Gasteiger partial charge in [0.15, 0.2) is 23.3 Å². The van der Waals surface area contributed by atoms with Crippen LogP contribution in [0, 0.1) is 57.6 Å². The number of ether oxygens (including phenoxy) is 1. The summed E-state index contributed by atoms with van der Waals surface area (Å²) in [5.41, 5.74) is -2.93. The van der Waals surface area contributed by atoms with Gasteiger partial charge >= 0.3 is 12.1 Å². The average Bonchev–Trinajstić information content (AvgIpc) is 3.35. The van der Waals surface area contributed by atoms with E-state index in [9.17, 15) is 45.6 Å². The predicted molar refractivity (Wildman–Crippen MR) is 122 cm³/mol. The van der Waals surface area contributed by atoms with Crippen LogP contribution in [0.2, 0.25) is 0 Å². The van der Waals surface area contributed by atoms with Crippen molar-refractivity contribution in [2.24, 2.45) is 17.3 Å². The fourth-order valence-electron chi connectivity index (χ4n) is 3.53. The molecule has 2 unspecified atom stereocenters. The molecule has 1 aromatic carbocycles. The van der Waals surface area contributed by atoms with E-state index in [1.807, 2.05) is 0 Å².